The van der Waals surface area contributed by atoms with Gasteiger partial charge < -0.3 is 11.1 Å². The third-order valence-corrected chi connectivity index (χ3v) is 3.81. The number of benzene rings is 1. The highest BCUT2D eigenvalue weighted by Gasteiger charge is 2.18. The van der Waals surface area contributed by atoms with Crippen LogP contribution in [0.15, 0.2) is 28.0 Å². The number of hydrogen-bond donors (Lipinski definition) is 4. The zero-order valence-corrected chi connectivity index (χ0v) is 11.3. The van der Waals surface area contributed by atoms with Crippen LogP contribution in [0.3, 0.4) is 0 Å². The summed E-state index contributed by atoms with van der Waals surface area (Å²) in [5.74, 6) is 0. The fourth-order valence-electron chi connectivity index (χ4n) is 1.15. The maximum Gasteiger partial charge on any atom is 0.240 e. The van der Waals surface area contributed by atoms with Gasteiger partial charge in [-0.15, -0.1) is 0 Å². The summed E-state index contributed by atoms with van der Waals surface area (Å²) in [5, 5.41) is 12.0. The topological polar surface area (TPSA) is 158 Å². The van der Waals surface area contributed by atoms with E-state index in [4.69, 9.17) is 16.0 Å². The first-order valence-electron chi connectivity index (χ1n) is 4.28. The largest absolute Gasteiger partial charge is 0.376 e. The van der Waals surface area contributed by atoms with Gasteiger partial charge in [0.2, 0.25) is 20.0 Å². The Balaban J connectivity index is 3.54. The van der Waals surface area contributed by atoms with Crippen LogP contribution in [0.5, 0.6) is 0 Å². The molecule has 11 heteroatoms. The van der Waals surface area contributed by atoms with Gasteiger partial charge in [0.25, 0.3) is 0 Å². The van der Waals surface area contributed by atoms with Crippen molar-refractivity contribution in [3.63, 3.8) is 0 Å². The van der Waals surface area contributed by atoms with Gasteiger partial charge in [-0.3, -0.25) is 0 Å². The van der Waals surface area contributed by atoms with Crippen LogP contribution >= 0.6 is 12.2 Å². The number of primary sulfonamides is 2. The molecule has 0 spiro atoms. The first-order chi connectivity index (χ1) is 8.01. The zero-order valence-electron chi connectivity index (χ0n) is 8.82. The van der Waals surface area contributed by atoms with Crippen molar-refractivity contribution in [2.45, 2.75) is 9.79 Å². The molecule has 0 bridgehead atoms. The van der Waals surface area contributed by atoms with E-state index in [0.29, 0.717) is 0 Å². The van der Waals surface area contributed by atoms with Crippen LogP contribution < -0.4 is 21.3 Å². The minimum absolute atomic E-state index is 0.0302. The van der Waals surface area contributed by atoms with Gasteiger partial charge in [0, 0.05) is 0 Å². The fourth-order valence-corrected chi connectivity index (χ4v) is 2.59. The van der Waals surface area contributed by atoms with Crippen molar-refractivity contribution >= 4 is 43.1 Å². The Morgan fingerprint density at radius 3 is 2.06 bits per heavy atom. The minimum atomic E-state index is -4.16. The van der Waals surface area contributed by atoms with E-state index in [1.807, 2.05) is 0 Å². The van der Waals surface area contributed by atoms with Crippen molar-refractivity contribution in [1.29, 1.82) is 0 Å². The number of anilines is 1. The maximum atomic E-state index is 11.3. The summed E-state index contributed by atoms with van der Waals surface area (Å²) in [6.07, 6.45) is 0. The highest BCUT2D eigenvalue weighted by atomic mass is 32.2. The molecule has 0 amide bonds. The summed E-state index contributed by atoms with van der Waals surface area (Å²) in [7, 11) is -8.20. The van der Waals surface area contributed by atoms with Gasteiger partial charge >= 0.3 is 0 Å². The van der Waals surface area contributed by atoms with Gasteiger partial charge in [0.15, 0.2) is 5.11 Å². The predicted octanol–water partition coefficient (Wildman–Crippen LogP) is -1.36. The Labute approximate surface area is 109 Å². The number of nitrogens with one attached hydrogen (secondary N) is 1. The molecule has 0 unspecified atom stereocenters. The van der Waals surface area contributed by atoms with E-state index in [9.17, 15) is 16.8 Å². The van der Waals surface area contributed by atoms with Crippen LogP contribution in [-0.2, 0) is 20.0 Å². The molecular formula is C7H10N4O4S3. The second-order valence-electron chi connectivity index (χ2n) is 3.24. The molecule has 1 aromatic carbocycles. The monoisotopic (exact) mass is 310 g/mol. The molecule has 0 fully saturated rings. The Hall–Kier alpha value is -1.27. The van der Waals surface area contributed by atoms with Gasteiger partial charge in [-0.1, -0.05) is 0 Å². The summed E-state index contributed by atoms with van der Waals surface area (Å²) in [6.45, 7) is 0. The number of nitrogens with two attached hydrogens (primary N) is 3. The number of hydrogen-bond acceptors (Lipinski definition) is 5. The van der Waals surface area contributed by atoms with Crippen molar-refractivity contribution in [2.75, 3.05) is 5.32 Å². The molecule has 0 aromatic heterocycles. The molecule has 0 aliphatic carbocycles. The Bertz CT molecular complexity index is 695. The molecule has 0 heterocycles. The molecule has 1 rings (SSSR count). The highest BCUT2D eigenvalue weighted by molar-refractivity contribution is 7.90. The van der Waals surface area contributed by atoms with Crippen LogP contribution in [0.1, 0.15) is 0 Å². The molecule has 7 N–H and O–H groups in total. The Morgan fingerprint density at radius 1 is 1.11 bits per heavy atom. The average Bonchev–Trinajstić information content (AvgIpc) is 2.13. The van der Waals surface area contributed by atoms with Crippen LogP contribution in [0.2, 0.25) is 0 Å². The molecule has 18 heavy (non-hydrogen) atoms. The lowest BCUT2D eigenvalue weighted by molar-refractivity contribution is 0.596. The zero-order chi connectivity index (χ0) is 14.1. The lowest BCUT2D eigenvalue weighted by atomic mass is 10.3. The smallest absolute Gasteiger partial charge is 0.240 e. The molecule has 0 saturated heterocycles. The first-order valence-corrected chi connectivity index (χ1v) is 7.78. The number of sulfonamides is 2. The second-order valence-corrected chi connectivity index (χ2v) is 6.77. The van der Waals surface area contributed by atoms with Crippen molar-refractivity contribution in [3.05, 3.63) is 18.2 Å². The van der Waals surface area contributed by atoms with Gasteiger partial charge in [-0.2, -0.15) is 0 Å². The normalized spacial score (nSPS) is 12.1. The molecule has 0 radical (unpaired) electrons. The predicted molar refractivity (Wildman–Crippen MR) is 69.6 cm³/mol. The van der Waals surface area contributed by atoms with Crippen molar-refractivity contribution in [3.8, 4) is 0 Å². The first kappa shape index (κ1) is 14.8. The minimum Gasteiger partial charge on any atom is -0.376 e. The van der Waals surface area contributed by atoms with E-state index in [-0.39, 0.29) is 15.7 Å². The molecule has 8 nitrogen and oxygen atoms in total. The van der Waals surface area contributed by atoms with Gasteiger partial charge in [-0.25, -0.2) is 27.1 Å². The SMILES string of the molecule is NC(=S)Nc1ccc(S(N)(=O)=O)cc1S(N)(=O)=O. The molecule has 1 aromatic rings. The summed E-state index contributed by atoms with van der Waals surface area (Å²) < 4.78 is 44.9. The lowest BCUT2D eigenvalue weighted by Gasteiger charge is -2.10. The van der Waals surface area contributed by atoms with E-state index < -0.39 is 24.9 Å². The molecule has 0 saturated carbocycles. The molecular weight excluding hydrogens is 300 g/mol. The van der Waals surface area contributed by atoms with Crippen LogP contribution in [0.25, 0.3) is 0 Å². The second kappa shape index (κ2) is 4.78. The highest BCUT2D eigenvalue weighted by Crippen LogP contribution is 2.23. The van der Waals surface area contributed by atoms with E-state index >= 15 is 0 Å². The van der Waals surface area contributed by atoms with Gasteiger partial charge in [0.05, 0.1) is 10.6 Å². The van der Waals surface area contributed by atoms with Crippen LogP contribution in [0.4, 0.5) is 5.69 Å². The average molecular weight is 310 g/mol. The number of rotatable bonds is 3. The molecule has 0 atom stereocenters. The fraction of sp³-hybridized carbons (Fsp3) is 0. The Kier molecular flexibility index (Phi) is 3.92. The van der Waals surface area contributed by atoms with E-state index in [1.165, 1.54) is 0 Å². The summed E-state index contributed by atoms with van der Waals surface area (Å²) in [6, 6.07) is 3.08. The van der Waals surface area contributed by atoms with E-state index in [2.05, 4.69) is 17.5 Å². The molecule has 100 valence electrons. The number of thiocarbonyl (C=S) groups is 1. The van der Waals surface area contributed by atoms with Crippen LogP contribution in [-0.4, -0.2) is 21.9 Å². The summed E-state index contributed by atoms with van der Waals surface area (Å²) in [4.78, 5) is -0.859. The molecule has 0 aliphatic rings. The van der Waals surface area contributed by atoms with Crippen LogP contribution in [0, 0.1) is 0 Å². The quantitative estimate of drug-likeness (QED) is 0.501. The van der Waals surface area contributed by atoms with E-state index in [1.54, 1.807) is 0 Å². The van der Waals surface area contributed by atoms with E-state index in [0.717, 1.165) is 18.2 Å². The van der Waals surface area contributed by atoms with Gasteiger partial charge in [0.1, 0.15) is 4.90 Å². The maximum absolute atomic E-state index is 11.3. The third kappa shape index (κ3) is 3.61. The lowest BCUT2D eigenvalue weighted by Crippen LogP contribution is -2.23. The summed E-state index contributed by atoms with van der Waals surface area (Å²) in [5.41, 5.74) is 5.17. The Morgan fingerprint density at radius 2 is 1.67 bits per heavy atom. The molecule has 0 aliphatic heterocycles. The standard InChI is InChI=1S/C7H10N4O4S3/c8-7(16)11-5-2-1-4(17(9,12)13)3-6(5)18(10,14)15/h1-3H,(H3,8,11,16)(H2,9,12,13)(H2,10,14,15). The van der Waals surface area contributed by atoms with Crippen molar-refractivity contribution in [1.82, 2.24) is 0 Å². The van der Waals surface area contributed by atoms with Gasteiger partial charge in [-0.05, 0) is 30.4 Å². The summed E-state index contributed by atoms with van der Waals surface area (Å²) >= 11 is 4.55. The third-order valence-electron chi connectivity index (χ3n) is 1.85. The van der Waals surface area contributed by atoms with Crippen molar-refractivity contribution < 1.29 is 16.8 Å². The van der Waals surface area contributed by atoms with Crippen molar-refractivity contribution in [2.24, 2.45) is 16.0 Å².